The molecule has 36 heavy (non-hydrogen) atoms. The van der Waals surface area contributed by atoms with Gasteiger partial charge in [0.15, 0.2) is 5.11 Å². The maximum absolute atomic E-state index is 11.8. The van der Waals surface area contributed by atoms with E-state index < -0.39 is 10.1 Å². The Morgan fingerprint density at radius 3 is 1.86 bits per heavy atom. The first-order chi connectivity index (χ1) is 17.0. The molecule has 1 aliphatic rings. The van der Waals surface area contributed by atoms with Gasteiger partial charge in [-0.3, -0.25) is 9.45 Å². The fraction of sp³-hybridized carbons (Fsp3) is 0.690. The van der Waals surface area contributed by atoms with Crippen LogP contribution in [0.4, 0.5) is 5.69 Å². The molecule has 0 unspecified atom stereocenters. The third kappa shape index (κ3) is 10.5. The van der Waals surface area contributed by atoms with Crippen LogP contribution in [0.5, 0.6) is 0 Å². The second-order valence-electron chi connectivity index (χ2n) is 10.9. The summed E-state index contributed by atoms with van der Waals surface area (Å²) in [5, 5.41) is 3.85. The largest absolute Gasteiger partial charge is 0.354 e. The number of aryl methyl sites for hydroxylation is 1. The van der Waals surface area contributed by atoms with Gasteiger partial charge in [-0.05, 0) is 69.6 Å². The minimum absolute atomic E-state index is 0.109. The molecule has 2 rings (SSSR count). The van der Waals surface area contributed by atoms with Gasteiger partial charge in [-0.15, -0.1) is 0 Å². The van der Waals surface area contributed by atoms with Crippen LogP contribution in [-0.2, 0) is 16.5 Å². The van der Waals surface area contributed by atoms with Crippen molar-refractivity contribution in [1.29, 1.82) is 0 Å². The highest BCUT2D eigenvalue weighted by Gasteiger charge is 2.29. The van der Waals surface area contributed by atoms with Crippen LogP contribution in [0.25, 0.3) is 0 Å². The summed E-state index contributed by atoms with van der Waals surface area (Å²) in [4.78, 5) is 1.77. The predicted molar refractivity (Wildman–Crippen MR) is 156 cm³/mol. The smallest absolute Gasteiger partial charge is 0.294 e. The van der Waals surface area contributed by atoms with E-state index >= 15 is 0 Å². The molecule has 0 atom stereocenters. The predicted octanol–water partition coefficient (Wildman–Crippen LogP) is 8.33. The Labute approximate surface area is 225 Å². The van der Waals surface area contributed by atoms with Gasteiger partial charge in [-0.1, -0.05) is 96.5 Å². The topological polar surface area (TPSA) is 69.6 Å². The van der Waals surface area contributed by atoms with Gasteiger partial charge in [0.1, 0.15) is 0 Å². The number of anilines is 1. The number of benzene rings is 1. The van der Waals surface area contributed by atoms with E-state index in [4.69, 9.17) is 12.2 Å². The summed E-state index contributed by atoms with van der Waals surface area (Å²) >= 11 is 5.64. The number of nitrogens with one attached hydrogen (secondary N) is 1. The van der Waals surface area contributed by atoms with Gasteiger partial charge >= 0.3 is 0 Å². The van der Waals surface area contributed by atoms with E-state index in [1.807, 2.05) is 31.7 Å². The Balaban J connectivity index is 1.82. The van der Waals surface area contributed by atoms with Crippen molar-refractivity contribution < 1.29 is 13.0 Å². The van der Waals surface area contributed by atoms with E-state index in [2.05, 4.69) is 18.3 Å². The third-order valence-corrected chi connectivity index (χ3v) is 8.08. The van der Waals surface area contributed by atoms with Gasteiger partial charge in [-0.2, -0.15) is 8.42 Å². The highest BCUT2D eigenvalue weighted by atomic mass is 32.2. The number of nitrogens with zero attached hydrogens (tertiary/aromatic N) is 1. The average molecular weight is 537 g/mol. The van der Waals surface area contributed by atoms with Crippen molar-refractivity contribution in [3.8, 4) is 0 Å². The van der Waals surface area contributed by atoms with Crippen molar-refractivity contribution in [3.63, 3.8) is 0 Å². The molecule has 0 bridgehead atoms. The lowest BCUT2D eigenvalue weighted by Crippen LogP contribution is -2.53. The van der Waals surface area contributed by atoms with Crippen molar-refractivity contribution in [2.75, 3.05) is 4.90 Å². The molecule has 1 aromatic rings. The lowest BCUT2D eigenvalue weighted by atomic mass is 9.99. The fourth-order valence-electron chi connectivity index (χ4n) is 5.05. The van der Waals surface area contributed by atoms with Gasteiger partial charge in [0, 0.05) is 5.70 Å². The number of allylic oxidation sites excluding steroid dienone is 1. The van der Waals surface area contributed by atoms with Crippen LogP contribution in [0, 0.1) is 0 Å². The molecule has 0 spiro atoms. The quantitative estimate of drug-likeness (QED) is 0.118. The molecular formula is C29H48N2O3S2. The Morgan fingerprint density at radius 2 is 1.39 bits per heavy atom. The number of hydrogen-bond acceptors (Lipinski definition) is 3. The maximum atomic E-state index is 11.8. The minimum atomic E-state index is -4.30. The summed E-state index contributed by atoms with van der Waals surface area (Å²) in [5.41, 5.74) is 2.44. The van der Waals surface area contributed by atoms with E-state index in [0.29, 0.717) is 5.11 Å². The Kier molecular flexibility index (Phi) is 12.9. The van der Waals surface area contributed by atoms with Gasteiger partial charge in [0.05, 0.1) is 16.1 Å². The molecule has 1 heterocycles. The lowest BCUT2D eigenvalue weighted by molar-refractivity contribution is 0.483. The van der Waals surface area contributed by atoms with Crippen LogP contribution in [0.15, 0.2) is 34.9 Å². The fourth-order valence-corrected chi connectivity index (χ4v) is 6.05. The number of unbranched alkanes of at least 4 members (excludes halogenated alkanes) is 13. The molecule has 2 N–H and O–H groups in total. The molecule has 0 aliphatic carbocycles. The number of rotatable bonds is 17. The summed E-state index contributed by atoms with van der Waals surface area (Å²) in [7, 11) is -4.30. The first-order valence-corrected chi connectivity index (χ1v) is 15.8. The molecule has 5 nitrogen and oxygen atoms in total. The van der Waals surface area contributed by atoms with Crippen molar-refractivity contribution in [1.82, 2.24) is 5.32 Å². The first kappa shape index (κ1) is 30.8. The Bertz CT molecular complexity index is 971. The van der Waals surface area contributed by atoms with Gasteiger partial charge in [0.25, 0.3) is 10.1 Å². The molecule has 0 saturated carbocycles. The van der Waals surface area contributed by atoms with Crippen LogP contribution < -0.4 is 10.2 Å². The summed E-state index contributed by atoms with van der Waals surface area (Å²) in [6, 6.07) is 4.84. The minimum Gasteiger partial charge on any atom is -0.354 e. The molecule has 0 aromatic heterocycles. The standard InChI is InChI=1S/C29H48N2O3S2/c1-5-6-7-8-9-10-11-12-13-14-15-16-17-18-19-25-20-21-26(36(32,33)34)22-27(25)31-24(2)23-29(3,4)30-28(31)35/h20-23H,5-19H2,1-4H3,(H,30,35)(H,32,33,34). The zero-order valence-corrected chi connectivity index (χ0v) is 24.6. The normalized spacial score (nSPS) is 15.6. The zero-order valence-electron chi connectivity index (χ0n) is 22.9. The van der Waals surface area contributed by atoms with Crippen molar-refractivity contribution in [2.45, 2.75) is 134 Å². The monoisotopic (exact) mass is 536 g/mol. The zero-order chi connectivity index (χ0) is 26.6. The van der Waals surface area contributed by atoms with Crippen LogP contribution in [0.1, 0.15) is 123 Å². The van der Waals surface area contributed by atoms with Crippen LogP contribution in [0.3, 0.4) is 0 Å². The number of thiocarbonyl (C=S) groups is 1. The maximum Gasteiger partial charge on any atom is 0.294 e. The molecule has 204 valence electrons. The summed E-state index contributed by atoms with van der Waals surface area (Å²) in [5.74, 6) is 0. The molecule has 1 aromatic carbocycles. The van der Waals surface area contributed by atoms with Gasteiger partial charge in [0.2, 0.25) is 0 Å². The van der Waals surface area contributed by atoms with Crippen LogP contribution in [0.2, 0.25) is 0 Å². The Morgan fingerprint density at radius 1 is 0.889 bits per heavy atom. The Hall–Kier alpha value is -1.44. The highest BCUT2D eigenvalue weighted by Crippen LogP contribution is 2.32. The second kappa shape index (κ2) is 15.1. The molecule has 7 heteroatoms. The van der Waals surface area contributed by atoms with Gasteiger partial charge in [-0.25, -0.2) is 0 Å². The third-order valence-electron chi connectivity index (χ3n) is 6.95. The number of hydrogen-bond donors (Lipinski definition) is 2. The average Bonchev–Trinajstić information content (AvgIpc) is 2.78. The van der Waals surface area contributed by atoms with Crippen molar-refractivity contribution in [2.24, 2.45) is 0 Å². The van der Waals surface area contributed by atoms with E-state index in [9.17, 15) is 13.0 Å². The van der Waals surface area contributed by atoms with Gasteiger partial charge < -0.3 is 5.32 Å². The van der Waals surface area contributed by atoms with Crippen LogP contribution in [-0.4, -0.2) is 23.6 Å². The van der Waals surface area contributed by atoms with Crippen molar-refractivity contribution >= 4 is 33.1 Å². The first-order valence-electron chi connectivity index (χ1n) is 14.0. The second-order valence-corrected chi connectivity index (χ2v) is 12.7. The van der Waals surface area contributed by atoms with E-state index in [0.717, 1.165) is 36.2 Å². The summed E-state index contributed by atoms with van der Waals surface area (Å²) in [6.07, 6.45) is 21.3. The van der Waals surface area contributed by atoms with E-state index in [1.165, 1.54) is 89.2 Å². The van der Waals surface area contributed by atoms with Crippen molar-refractivity contribution in [3.05, 3.63) is 35.5 Å². The van der Waals surface area contributed by atoms with E-state index in [-0.39, 0.29) is 10.4 Å². The van der Waals surface area contributed by atoms with E-state index in [1.54, 1.807) is 0 Å². The molecule has 1 aliphatic heterocycles. The SMILES string of the molecule is CCCCCCCCCCCCCCCCc1ccc(S(=O)(=O)O)cc1N1C(=S)NC(C)(C)C=C1C. The summed E-state index contributed by atoms with van der Waals surface area (Å²) in [6.45, 7) is 8.34. The molecule has 0 saturated heterocycles. The molecular weight excluding hydrogens is 488 g/mol. The lowest BCUT2D eigenvalue weighted by Gasteiger charge is -2.39. The molecule has 0 radical (unpaired) electrons. The molecule has 0 amide bonds. The molecule has 0 fully saturated rings. The summed E-state index contributed by atoms with van der Waals surface area (Å²) < 4.78 is 33.2. The highest BCUT2D eigenvalue weighted by molar-refractivity contribution is 7.85. The van der Waals surface area contributed by atoms with Crippen LogP contribution >= 0.6 is 12.2 Å².